The Morgan fingerprint density at radius 2 is 2.19 bits per heavy atom. The van der Waals surface area contributed by atoms with Crippen molar-refractivity contribution in [3.05, 3.63) is 71.4 Å². The lowest BCUT2D eigenvalue weighted by Gasteiger charge is -2.64. The minimum atomic E-state index is -0.428. The molecule has 1 fully saturated rings. The number of nitrogens with one attached hydrogen (secondary N) is 1. The zero-order valence-electron chi connectivity index (χ0n) is 17.6. The molecule has 2 aliphatic carbocycles. The van der Waals surface area contributed by atoms with Crippen molar-refractivity contribution in [3.8, 4) is 11.5 Å². The smallest absolute Gasteiger partial charge is 0.166 e. The van der Waals surface area contributed by atoms with Crippen molar-refractivity contribution in [1.29, 1.82) is 0 Å². The number of ether oxygens (including phenoxy) is 2. The van der Waals surface area contributed by atoms with E-state index < -0.39 is 5.60 Å². The molecule has 0 unspecified atom stereocenters. The number of piperidine rings is 1. The fourth-order valence-corrected chi connectivity index (χ4v) is 7.47. The molecule has 1 saturated heterocycles. The molecular formula is C26H26N2O3. The number of phenols is 1. The molecule has 158 valence electrons. The highest BCUT2D eigenvalue weighted by atomic mass is 16.5. The monoisotopic (exact) mass is 414 g/mol. The van der Waals surface area contributed by atoms with E-state index in [4.69, 9.17) is 9.47 Å². The summed E-state index contributed by atoms with van der Waals surface area (Å²) in [4.78, 5) is 6.22. The molecule has 4 aliphatic rings. The van der Waals surface area contributed by atoms with E-state index >= 15 is 0 Å². The van der Waals surface area contributed by atoms with Gasteiger partial charge >= 0.3 is 0 Å². The summed E-state index contributed by atoms with van der Waals surface area (Å²) >= 11 is 0. The number of hydrogen-bond acceptors (Lipinski definition) is 4. The molecule has 1 aromatic heterocycles. The molecule has 3 heterocycles. The van der Waals surface area contributed by atoms with Crippen LogP contribution in [0.3, 0.4) is 0 Å². The number of hydrogen-bond donors (Lipinski definition) is 2. The van der Waals surface area contributed by atoms with Crippen molar-refractivity contribution >= 4 is 10.9 Å². The van der Waals surface area contributed by atoms with Gasteiger partial charge in [0.25, 0.3) is 0 Å². The summed E-state index contributed by atoms with van der Waals surface area (Å²) in [5, 5.41) is 12.0. The first-order valence-corrected chi connectivity index (χ1v) is 11.2. The number of nitrogens with zero attached hydrogens (tertiary/aromatic N) is 1. The molecule has 1 spiro atoms. The van der Waals surface area contributed by atoms with Crippen molar-refractivity contribution in [2.75, 3.05) is 20.2 Å². The number of aromatic nitrogens is 1. The van der Waals surface area contributed by atoms with Crippen LogP contribution in [-0.4, -0.2) is 46.8 Å². The first-order chi connectivity index (χ1) is 15.1. The van der Waals surface area contributed by atoms with Crippen LogP contribution in [-0.2, 0) is 23.0 Å². The number of phenolic OH excluding ortho intramolecular Hbond substituents is 1. The van der Waals surface area contributed by atoms with E-state index in [2.05, 4.69) is 46.8 Å². The number of benzene rings is 2. The molecule has 0 amide bonds. The van der Waals surface area contributed by atoms with Gasteiger partial charge < -0.3 is 19.6 Å². The lowest BCUT2D eigenvalue weighted by Crippen LogP contribution is -2.75. The van der Waals surface area contributed by atoms with Crippen LogP contribution in [0.4, 0.5) is 0 Å². The molecule has 2 N–H and O–H groups in total. The molecule has 2 aromatic carbocycles. The SMILES string of the molecule is C=CCN1CC[C@]23c4c5ccc(O)c4O[C@H]2c2[nH]c4ccccc4c2C[C@@]3(OC)[C@H]1C5. The van der Waals surface area contributed by atoms with Crippen LogP contribution in [0.5, 0.6) is 11.5 Å². The third-order valence-electron chi connectivity index (χ3n) is 8.57. The number of aromatic amines is 1. The Hall–Kier alpha value is -2.76. The average Bonchev–Trinajstić information content (AvgIpc) is 3.32. The van der Waals surface area contributed by atoms with Crippen LogP contribution >= 0.6 is 0 Å². The summed E-state index contributed by atoms with van der Waals surface area (Å²) < 4.78 is 13.3. The van der Waals surface area contributed by atoms with Crippen LogP contribution in [0.15, 0.2) is 49.1 Å². The molecule has 3 aromatic rings. The lowest BCUT2D eigenvalue weighted by molar-refractivity contribution is -0.188. The van der Waals surface area contributed by atoms with Gasteiger partial charge in [-0.15, -0.1) is 6.58 Å². The third kappa shape index (κ3) is 1.84. The first-order valence-electron chi connectivity index (χ1n) is 11.2. The van der Waals surface area contributed by atoms with Crippen molar-refractivity contribution < 1.29 is 14.6 Å². The van der Waals surface area contributed by atoms with E-state index in [9.17, 15) is 5.11 Å². The van der Waals surface area contributed by atoms with E-state index in [0.29, 0.717) is 5.75 Å². The predicted octanol–water partition coefficient (Wildman–Crippen LogP) is 4.00. The zero-order valence-corrected chi connectivity index (χ0v) is 17.6. The number of para-hydroxylation sites is 1. The van der Waals surface area contributed by atoms with Crippen LogP contribution in [0.1, 0.15) is 34.9 Å². The molecule has 31 heavy (non-hydrogen) atoms. The Balaban J connectivity index is 1.59. The number of methoxy groups -OCH3 is 1. The molecule has 0 radical (unpaired) electrons. The second-order valence-electron chi connectivity index (χ2n) is 9.50. The lowest BCUT2D eigenvalue weighted by atomic mass is 9.49. The Morgan fingerprint density at radius 1 is 1.32 bits per heavy atom. The van der Waals surface area contributed by atoms with Crippen LogP contribution in [0.25, 0.3) is 10.9 Å². The zero-order chi connectivity index (χ0) is 21.0. The topological polar surface area (TPSA) is 57.7 Å². The van der Waals surface area contributed by atoms with E-state index in [1.54, 1.807) is 6.07 Å². The van der Waals surface area contributed by atoms with Crippen molar-refractivity contribution in [2.24, 2.45) is 0 Å². The number of H-pyrrole nitrogens is 1. The van der Waals surface area contributed by atoms with Gasteiger partial charge in [-0.05, 0) is 36.1 Å². The van der Waals surface area contributed by atoms with Crippen molar-refractivity contribution in [2.45, 2.75) is 42.4 Å². The molecular weight excluding hydrogens is 388 g/mol. The second-order valence-corrected chi connectivity index (χ2v) is 9.50. The Labute approximate surface area is 181 Å². The van der Waals surface area contributed by atoms with Crippen LogP contribution in [0, 0.1) is 0 Å². The first kappa shape index (κ1) is 17.9. The van der Waals surface area contributed by atoms with Gasteiger partial charge in [-0.2, -0.15) is 0 Å². The fourth-order valence-electron chi connectivity index (χ4n) is 7.47. The minimum Gasteiger partial charge on any atom is -0.504 e. The summed E-state index contributed by atoms with van der Waals surface area (Å²) in [5.41, 5.74) is 5.28. The average molecular weight is 415 g/mol. The Kier molecular flexibility index (Phi) is 3.30. The molecule has 0 saturated carbocycles. The fraction of sp³-hybridized carbons (Fsp3) is 0.385. The van der Waals surface area contributed by atoms with Crippen molar-refractivity contribution in [1.82, 2.24) is 9.88 Å². The van der Waals surface area contributed by atoms with Gasteiger partial charge in [-0.25, -0.2) is 0 Å². The molecule has 5 nitrogen and oxygen atoms in total. The predicted molar refractivity (Wildman–Crippen MR) is 119 cm³/mol. The van der Waals surface area contributed by atoms with Gasteiger partial charge in [-0.1, -0.05) is 30.3 Å². The van der Waals surface area contributed by atoms with E-state index in [0.717, 1.165) is 43.6 Å². The van der Waals surface area contributed by atoms with E-state index in [-0.39, 0.29) is 23.3 Å². The highest BCUT2D eigenvalue weighted by molar-refractivity contribution is 5.86. The van der Waals surface area contributed by atoms with E-state index in [1.165, 1.54) is 22.1 Å². The number of aromatic hydroxyl groups is 1. The number of rotatable bonds is 3. The Morgan fingerprint density at radius 3 is 3.03 bits per heavy atom. The maximum absolute atomic E-state index is 10.8. The largest absolute Gasteiger partial charge is 0.504 e. The third-order valence-corrected chi connectivity index (χ3v) is 8.57. The maximum atomic E-state index is 10.8. The second kappa shape index (κ2) is 5.72. The molecule has 4 atom stereocenters. The summed E-state index contributed by atoms with van der Waals surface area (Å²) in [6.45, 7) is 5.83. The van der Waals surface area contributed by atoms with E-state index in [1.807, 2.05) is 13.2 Å². The molecule has 7 rings (SSSR count). The maximum Gasteiger partial charge on any atom is 0.166 e. The summed E-state index contributed by atoms with van der Waals surface area (Å²) in [5.74, 6) is 0.892. The van der Waals surface area contributed by atoms with Crippen molar-refractivity contribution in [3.63, 3.8) is 0 Å². The number of likely N-dealkylation sites (tertiary alicyclic amines) is 1. The molecule has 5 heteroatoms. The normalized spacial score (nSPS) is 32.4. The summed E-state index contributed by atoms with van der Waals surface area (Å²) in [6.07, 6.45) is 4.45. The van der Waals surface area contributed by atoms with Gasteiger partial charge in [0, 0.05) is 49.1 Å². The Bertz CT molecular complexity index is 1260. The van der Waals surface area contributed by atoms with Gasteiger partial charge in [0.05, 0.1) is 11.1 Å². The molecule has 2 bridgehead atoms. The quantitative estimate of drug-likeness (QED) is 0.636. The summed E-state index contributed by atoms with van der Waals surface area (Å²) in [7, 11) is 1.87. The minimum absolute atomic E-state index is 0.195. The van der Waals surface area contributed by atoms with Gasteiger partial charge in [-0.3, -0.25) is 4.90 Å². The van der Waals surface area contributed by atoms with Crippen LogP contribution in [0.2, 0.25) is 0 Å². The van der Waals surface area contributed by atoms with Gasteiger partial charge in [0.2, 0.25) is 0 Å². The van der Waals surface area contributed by atoms with Gasteiger partial charge in [0.15, 0.2) is 17.6 Å². The standard InChI is InChI=1S/C26H26N2O3/c1-3-11-28-12-10-25-21-15-8-9-19(29)23(21)31-24(25)22-17(14-26(25,30-2)20(28)13-15)16-6-4-5-7-18(16)27-22/h3-9,20,24,27,29H,1,10-14H2,2H3/t20-,24+,25+,26-/m1/s1. The molecule has 2 aliphatic heterocycles. The van der Waals surface area contributed by atoms with Gasteiger partial charge in [0.1, 0.15) is 5.60 Å². The number of fused-ring (bicyclic) bond motifs is 4. The van der Waals surface area contributed by atoms with Crippen LogP contribution < -0.4 is 4.74 Å². The highest BCUT2D eigenvalue weighted by Crippen LogP contribution is 2.69. The summed E-state index contributed by atoms with van der Waals surface area (Å²) in [6, 6.07) is 12.6. The highest BCUT2D eigenvalue weighted by Gasteiger charge is 2.73.